The molecule has 1 rings (SSSR count). The molecule has 1 aliphatic rings. The van der Waals surface area contributed by atoms with Gasteiger partial charge in [-0.05, 0) is 18.6 Å². The van der Waals surface area contributed by atoms with E-state index in [9.17, 15) is 0 Å². The van der Waals surface area contributed by atoms with E-state index in [1.54, 1.807) is 0 Å². The first-order valence-corrected chi connectivity index (χ1v) is 4.17. The van der Waals surface area contributed by atoms with Gasteiger partial charge in [-0.3, -0.25) is 4.99 Å². The summed E-state index contributed by atoms with van der Waals surface area (Å²) in [7, 11) is 0. The number of thioether (sulfide) groups is 1. The van der Waals surface area contributed by atoms with Crippen LogP contribution in [0.15, 0.2) is 4.99 Å². The maximum atomic E-state index is 5.38. The molecule has 0 aromatic carbocycles. The number of halogens is 1. The van der Waals surface area contributed by atoms with Crippen molar-refractivity contribution in [3.05, 3.63) is 0 Å². The Balaban J connectivity index is 2.33. The van der Waals surface area contributed by atoms with Crippen LogP contribution in [-0.4, -0.2) is 16.8 Å². The SMILES string of the molecule is ClC/N=C1/CCCS1. The van der Waals surface area contributed by atoms with Crippen molar-refractivity contribution in [2.24, 2.45) is 4.99 Å². The van der Waals surface area contributed by atoms with Crippen molar-refractivity contribution in [1.82, 2.24) is 0 Å². The molecule has 0 spiro atoms. The van der Waals surface area contributed by atoms with E-state index in [4.69, 9.17) is 11.6 Å². The van der Waals surface area contributed by atoms with Crippen LogP contribution in [0.25, 0.3) is 0 Å². The maximum Gasteiger partial charge on any atom is 0.114 e. The van der Waals surface area contributed by atoms with E-state index in [2.05, 4.69) is 4.99 Å². The molecule has 0 N–H and O–H groups in total. The van der Waals surface area contributed by atoms with Crippen LogP contribution in [0.4, 0.5) is 0 Å². The first kappa shape index (κ1) is 6.43. The Morgan fingerprint density at radius 2 is 2.62 bits per heavy atom. The third-order valence-corrected chi connectivity index (χ3v) is 2.32. The Kier molecular flexibility index (Phi) is 2.70. The third-order valence-electron chi connectivity index (χ3n) is 1.04. The Labute approximate surface area is 58.5 Å². The van der Waals surface area contributed by atoms with Crippen molar-refractivity contribution in [2.75, 3.05) is 11.8 Å². The predicted octanol–water partition coefficient (Wildman–Crippen LogP) is 2.11. The second kappa shape index (κ2) is 3.36. The monoisotopic (exact) mass is 149 g/mol. The zero-order chi connectivity index (χ0) is 5.82. The van der Waals surface area contributed by atoms with Gasteiger partial charge in [0.05, 0.1) is 5.04 Å². The van der Waals surface area contributed by atoms with Gasteiger partial charge in [-0.25, -0.2) is 0 Å². The normalized spacial score (nSPS) is 24.9. The molecule has 0 saturated carbocycles. The first-order valence-electron chi connectivity index (χ1n) is 2.65. The number of alkyl halides is 1. The van der Waals surface area contributed by atoms with Gasteiger partial charge in [-0.15, -0.1) is 23.4 Å². The molecule has 0 bridgehead atoms. The van der Waals surface area contributed by atoms with Crippen LogP contribution in [0.3, 0.4) is 0 Å². The van der Waals surface area contributed by atoms with Crippen molar-refractivity contribution < 1.29 is 0 Å². The van der Waals surface area contributed by atoms with E-state index in [1.807, 2.05) is 11.8 Å². The fourth-order valence-corrected chi connectivity index (χ4v) is 1.86. The van der Waals surface area contributed by atoms with E-state index in [-0.39, 0.29) is 0 Å². The van der Waals surface area contributed by atoms with Crippen molar-refractivity contribution in [3.63, 3.8) is 0 Å². The van der Waals surface area contributed by atoms with E-state index < -0.39 is 0 Å². The van der Waals surface area contributed by atoms with Crippen LogP contribution in [0.1, 0.15) is 12.8 Å². The van der Waals surface area contributed by atoms with Gasteiger partial charge in [0.15, 0.2) is 0 Å². The molecule has 0 unspecified atom stereocenters. The van der Waals surface area contributed by atoms with Crippen LogP contribution in [0.5, 0.6) is 0 Å². The van der Waals surface area contributed by atoms with Crippen molar-refractivity contribution in [1.29, 1.82) is 0 Å². The molecule has 0 amide bonds. The predicted molar refractivity (Wildman–Crippen MR) is 39.8 cm³/mol. The fraction of sp³-hybridized carbons (Fsp3) is 0.800. The fourth-order valence-electron chi connectivity index (χ4n) is 0.677. The van der Waals surface area contributed by atoms with Crippen LogP contribution >= 0.6 is 23.4 Å². The molecule has 3 heteroatoms. The van der Waals surface area contributed by atoms with Gasteiger partial charge < -0.3 is 0 Å². The molecular weight excluding hydrogens is 142 g/mol. The Hall–Kier alpha value is 0.310. The lowest BCUT2D eigenvalue weighted by atomic mass is 10.4. The number of hydrogen-bond donors (Lipinski definition) is 0. The largest absolute Gasteiger partial charge is 0.267 e. The average Bonchev–Trinajstić information content (AvgIpc) is 2.19. The molecule has 1 nitrogen and oxygen atoms in total. The molecule has 0 aliphatic carbocycles. The standard InChI is InChI=1S/C5H8ClNS/c6-4-7-5-2-1-3-8-5/h1-4H2/b7-5-. The summed E-state index contributed by atoms with van der Waals surface area (Å²) in [6.45, 7) is 0. The van der Waals surface area contributed by atoms with Crippen molar-refractivity contribution >= 4 is 28.4 Å². The second-order valence-electron chi connectivity index (χ2n) is 1.62. The Morgan fingerprint density at radius 3 is 3.12 bits per heavy atom. The molecule has 8 heavy (non-hydrogen) atoms. The number of hydrogen-bond acceptors (Lipinski definition) is 2. The molecule has 1 saturated heterocycles. The van der Waals surface area contributed by atoms with Gasteiger partial charge in [0.1, 0.15) is 6.00 Å². The van der Waals surface area contributed by atoms with Gasteiger partial charge in [-0.1, -0.05) is 0 Å². The molecule has 1 aliphatic heterocycles. The van der Waals surface area contributed by atoms with Gasteiger partial charge in [0, 0.05) is 0 Å². The molecule has 0 radical (unpaired) electrons. The molecule has 0 atom stereocenters. The van der Waals surface area contributed by atoms with E-state index >= 15 is 0 Å². The summed E-state index contributed by atoms with van der Waals surface area (Å²) in [5.74, 6) is 1.23. The van der Waals surface area contributed by atoms with Gasteiger partial charge in [0.2, 0.25) is 0 Å². The molecule has 1 fully saturated rings. The lowest BCUT2D eigenvalue weighted by Gasteiger charge is -1.87. The van der Waals surface area contributed by atoms with E-state index in [0.717, 1.165) is 6.42 Å². The quantitative estimate of drug-likeness (QED) is 0.411. The Bertz CT molecular complexity index is 94.6. The van der Waals surface area contributed by atoms with Crippen LogP contribution in [-0.2, 0) is 0 Å². The minimum absolute atomic E-state index is 0.433. The lowest BCUT2D eigenvalue weighted by Crippen LogP contribution is -1.81. The highest BCUT2D eigenvalue weighted by atomic mass is 35.5. The van der Waals surface area contributed by atoms with Gasteiger partial charge in [0.25, 0.3) is 0 Å². The molecule has 0 aromatic rings. The zero-order valence-electron chi connectivity index (χ0n) is 4.56. The summed E-state index contributed by atoms with van der Waals surface area (Å²) in [6, 6.07) is 0.433. The minimum atomic E-state index is 0.433. The lowest BCUT2D eigenvalue weighted by molar-refractivity contribution is 1.04. The summed E-state index contributed by atoms with van der Waals surface area (Å²) < 4.78 is 0. The molecular formula is C5H8ClNS. The van der Waals surface area contributed by atoms with Crippen molar-refractivity contribution in [3.8, 4) is 0 Å². The smallest absolute Gasteiger partial charge is 0.114 e. The number of rotatable bonds is 1. The summed E-state index contributed by atoms with van der Waals surface area (Å²) in [5, 5.41) is 1.24. The summed E-state index contributed by atoms with van der Waals surface area (Å²) in [6.07, 6.45) is 2.43. The van der Waals surface area contributed by atoms with Gasteiger partial charge >= 0.3 is 0 Å². The highest BCUT2D eigenvalue weighted by Gasteiger charge is 2.06. The van der Waals surface area contributed by atoms with E-state index in [0.29, 0.717) is 6.00 Å². The summed E-state index contributed by atoms with van der Waals surface area (Å²) in [4.78, 5) is 4.07. The summed E-state index contributed by atoms with van der Waals surface area (Å²) in [5.41, 5.74) is 0. The topological polar surface area (TPSA) is 12.4 Å². The van der Waals surface area contributed by atoms with Crippen LogP contribution < -0.4 is 0 Å². The number of nitrogens with zero attached hydrogens (tertiary/aromatic N) is 1. The zero-order valence-corrected chi connectivity index (χ0v) is 6.13. The van der Waals surface area contributed by atoms with Crippen LogP contribution in [0, 0.1) is 0 Å². The summed E-state index contributed by atoms with van der Waals surface area (Å²) >= 11 is 7.21. The van der Waals surface area contributed by atoms with Crippen molar-refractivity contribution in [2.45, 2.75) is 12.8 Å². The molecule has 1 heterocycles. The average molecular weight is 150 g/mol. The third kappa shape index (κ3) is 1.67. The van der Waals surface area contributed by atoms with E-state index in [1.165, 1.54) is 17.2 Å². The maximum absolute atomic E-state index is 5.38. The highest BCUT2D eigenvalue weighted by molar-refractivity contribution is 8.14. The minimum Gasteiger partial charge on any atom is -0.267 e. The molecule has 46 valence electrons. The molecule has 0 aromatic heterocycles. The second-order valence-corrected chi connectivity index (χ2v) is 3.03. The first-order chi connectivity index (χ1) is 3.93. The Morgan fingerprint density at radius 1 is 1.75 bits per heavy atom. The highest BCUT2D eigenvalue weighted by Crippen LogP contribution is 2.20. The van der Waals surface area contributed by atoms with Crippen LogP contribution in [0.2, 0.25) is 0 Å². The van der Waals surface area contributed by atoms with Gasteiger partial charge in [-0.2, -0.15) is 0 Å². The number of aliphatic imine (C=N–C) groups is 1.